The molecule has 1 unspecified atom stereocenters. The number of aryl methyl sites for hydroxylation is 1. The van der Waals surface area contributed by atoms with Crippen molar-refractivity contribution in [2.24, 2.45) is 0 Å². The summed E-state index contributed by atoms with van der Waals surface area (Å²) in [6.45, 7) is 2.37. The Morgan fingerprint density at radius 3 is 2.36 bits per heavy atom. The van der Waals surface area contributed by atoms with Gasteiger partial charge in [-0.25, -0.2) is 0 Å². The van der Waals surface area contributed by atoms with Crippen LogP contribution in [0.2, 0.25) is 0 Å². The topological polar surface area (TPSA) is 57.6 Å². The van der Waals surface area contributed by atoms with Crippen LogP contribution in [-0.2, 0) is 23.4 Å². The molecule has 0 fully saturated rings. The normalized spacial score (nSPS) is 17.4. The number of Topliss-reactive ketones (excluding diaryl/α,β-unsaturated/α-hetero) is 1. The summed E-state index contributed by atoms with van der Waals surface area (Å²) in [5.41, 5.74) is 1.86. The fraction of sp³-hybridized carbons (Fsp3) is 0.172. The van der Waals surface area contributed by atoms with Gasteiger partial charge in [0.05, 0.1) is 18.7 Å². The quantitative estimate of drug-likeness (QED) is 0.412. The minimum absolute atomic E-state index is 0.254. The van der Waals surface area contributed by atoms with Crippen molar-refractivity contribution in [2.75, 3.05) is 4.90 Å². The van der Waals surface area contributed by atoms with E-state index in [1.165, 1.54) is 0 Å². The lowest BCUT2D eigenvalue weighted by Crippen LogP contribution is -2.41. The molecule has 4 heteroatoms. The molecule has 0 aliphatic carbocycles. The predicted molar refractivity (Wildman–Crippen MR) is 130 cm³/mol. The SMILES string of the molecule is CCc1ccc(C(=O)CC2(O)C(=O)N(Cc3cccc4ccccc34)c3ccccc32)cc1. The van der Waals surface area contributed by atoms with Crippen molar-refractivity contribution in [3.05, 3.63) is 113 Å². The van der Waals surface area contributed by atoms with Gasteiger partial charge in [-0.2, -0.15) is 0 Å². The first kappa shape index (κ1) is 21.1. The number of para-hydroxylation sites is 1. The molecule has 1 atom stereocenters. The summed E-state index contributed by atoms with van der Waals surface area (Å²) in [6.07, 6.45) is 0.591. The second kappa shape index (κ2) is 8.30. The number of benzene rings is 4. The number of carbonyl (C=O) groups excluding carboxylic acids is 2. The van der Waals surface area contributed by atoms with Gasteiger partial charge >= 0.3 is 0 Å². The van der Waals surface area contributed by atoms with Gasteiger partial charge in [0.25, 0.3) is 5.91 Å². The van der Waals surface area contributed by atoms with Crippen LogP contribution in [0, 0.1) is 0 Å². The number of rotatable bonds is 6. The van der Waals surface area contributed by atoms with Gasteiger partial charge < -0.3 is 10.0 Å². The van der Waals surface area contributed by atoms with Crippen LogP contribution in [0.1, 0.15) is 40.4 Å². The van der Waals surface area contributed by atoms with Crippen molar-refractivity contribution in [1.82, 2.24) is 0 Å². The molecule has 33 heavy (non-hydrogen) atoms. The van der Waals surface area contributed by atoms with E-state index in [-0.39, 0.29) is 12.2 Å². The van der Waals surface area contributed by atoms with Gasteiger partial charge in [-0.1, -0.05) is 91.9 Å². The average Bonchev–Trinajstić information content (AvgIpc) is 3.06. The fourth-order valence-electron chi connectivity index (χ4n) is 4.70. The van der Waals surface area contributed by atoms with Crippen molar-refractivity contribution >= 4 is 28.2 Å². The molecule has 1 N–H and O–H groups in total. The number of fused-ring (bicyclic) bond motifs is 2. The predicted octanol–water partition coefficient (Wildman–Crippen LogP) is 5.41. The molecule has 0 saturated carbocycles. The standard InChI is InChI=1S/C29H25NO3/c1-2-20-14-16-22(17-15-20)27(31)18-29(33)25-12-5-6-13-26(25)30(28(29)32)19-23-10-7-9-21-8-3-4-11-24(21)23/h3-17,33H,2,18-19H2,1H3. The Hall–Kier alpha value is -3.76. The van der Waals surface area contributed by atoms with Gasteiger partial charge in [0.2, 0.25) is 0 Å². The fourth-order valence-corrected chi connectivity index (χ4v) is 4.70. The Balaban J connectivity index is 1.49. The van der Waals surface area contributed by atoms with Gasteiger partial charge in [-0.3, -0.25) is 9.59 Å². The summed E-state index contributed by atoms with van der Waals surface area (Å²) < 4.78 is 0. The lowest BCUT2D eigenvalue weighted by Gasteiger charge is -2.23. The number of carbonyl (C=O) groups is 2. The maximum absolute atomic E-state index is 13.6. The van der Waals surface area contributed by atoms with E-state index in [1.54, 1.807) is 29.2 Å². The summed E-state index contributed by atoms with van der Waals surface area (Å²) in [5, 5.41) is 13.8. The molecule has 4 nitrogen and oxygen atoms in total. The van der Waals surface area contributed by atoms with Crippen LogP contribution in [-0.4, -0.2) is 16.8 Å². The van der Waals surface area contributed by atoms with E-state index in [0.717, 1.165) is 28.3 Å². The number of aliphatic hydroxyl groups is 1. The third-order valence-corrected chi connectivity index (χ3v) is 6.55. The van der Waals surface area contributed by atoms with E-state index in [0.29, 0.717) is 23.4 Å². The molecule has 5 rings (SSSR count). The Bertz CT molecular complexity index is 1350. The second-order valence-electron chi connectivity index (χ2n) is 8.56. The number of hydrogen-bond acceptors (Lipinski definition) is 3. The van der Waals surface area contributed by atoms with E-state index >= 15 is 0 Å². The Labute approximate surface area is 193 Å². The molecule has 0 bridgehead atoms. The van der Waals surface area contributed by atoms with Crippen LogP contribution < -0.4 is 4.90 Å². The molecular weight excluding hydrogens is 410 g/mol. The zero-order valence-corrected chi connectivity index (χ0v) is 18.5. The maximum atomic E-state index is 13.6. The summed E-state index contributed by atoms with van der Waals surface area (Å²) in [7, 11) is 0. The van der Waals surface area contributed by atoms with Gasteiger partial charge in [-0.15, -0.1) is 0 Å². The van der Waals surface area contributed by atoms with Crippen LogP contribution in [0.15, 0.2) is 91.0 Å². The molecule has 4 aromatic carbocycles. The van der Waals surface area contributed by atoms with Gasteiger partial charge in [0, 0.05) is 11.1 Å². The number of hydrogen-bond donors (Lipinski definition) is 1. The molecule has 0 spiro atoms. The molecule has 0 saturated heterocycles. The van der Waals surface area contributed by atoms with E-state index in [4.69, 9.17) is 0 Å². The van der Waals surface area contributed by atoms with E-state index in [1.807, 2.05) is 66.7 Å². The lowest BCUT2D eigenvalue weighted by molar-refractivity contribution is -0.136. The van der Waals surface area contributed by atoms with Crippen LogP contribution in [0.25, 0.3) is 10.8 Å². The Kier molecular flexibility index (Phi) is 5.31. The Morgan fingerprint density at radius 2 is 1.58 bits per heavy atom. The van der Waals surface area contributed by atoms with Crippen molar-refractivity contribution in [1.29, 1.82) is 0 Å². The molecule has 164 valence electrons. The monoisotopic (exact) mass is 435 g/mol. The summed E-state index contributed by atoms with van der Waals surface area (Å²) in [4.78, 5) is 28.3. The van der Waals surface area contributed by atoms with E-state index < -0.39 is 11.5 Å². The maximum Gasteiger partial charge on any atom is 0.264 e. The zero-order chi connectivity index (χ0) is 23.0. The molecule has 1 aliphatic heterocycles. The number of nitrogens with zero attached hydrogens (tertiary/aromatic N) is 1. The van der Waals surface area contributed by atoms with Gasteiger partial charge in [-0.05, 0) is 34.4 Å². The second-order valence-corrected chi connectivity index (χ2v) is 8.56. The highest BCUT2D eigenvalue weighted by atomic mass is 16.3. The number of amides is 1. The minimum Gasteiger partial charge on any atom is -0.375 e. The first-order chi connectivity index (χ1) is 16.0. The third kappa shape index (κ3) is 3.62. The smallest absolute Gasteiger partial charge is 0.264 e. The van der Waals surface area contributed by atoms with E-state index in [9.17, 15) is 14.7 Å². The Morgan fingerprint density at radius 1 is 0.879 bits per heavy atom. The minimum atomic E-state index is -1.89. The highest BCUT2D eigenvalue weighted by Gasteiger charge is 2.50. The summed E-state index contributed by atoms with van der Waals surface area (Å²) in [6, 6.07) is 28.6. The zero-order valence-electron chi connectivity index (χ0n) is 18.5. The summed E-state index contributed by atoms with van der Waals surface area (Å²) in [5.74, 6) is -0.717. The molecule has 1 heterocycles. The van der Waals surface area contributed by atoms with Crippen molar-refractivity contribution in [3.63, 3.8) is 0 Å². The highest BCUT2D eigenvalue weighted by Crippen LogP contribution is 2.43. The molecule has 1 amide bonds. The molecular formula is C29H25NO3. The lowest BCUT2D eigenvalue weighted by atomic mass is 9.88. The third-order valence-electron chi connectivity index (χ3n) is 6.55. The van der Waals surface area contributed by atoms with Crippen molar-refractivity contribution in [3.8, 4) is 0 Å². The molecule has 0 radical (unpaired) electrons. The highest BCUT2D eigenvalue weighted by molar-refractivity contribution is 6.11. The largest absolute Gasteiger partial charge is 0.375 e. The first-order valence-corrected chi connectivity index (χ1v) is 11.2. The van der Waals surface area contributed by atoms with E-state index in [2.05, 4.69) is 6.92 Å². The van der Waals surface area contributed by atoms with Crippen molar-refractivity contribution in [2.45, 2.75) is 31.9 Å². The molecule has 4 aromatic rings. The van der Waals surface area contributed by atoms with Crippen LogP contribution in [0.4, 0.5) is 5.69 Å². The molecule has 0 aromatic heterocycles. The van der Waals surface area contributed by atoms with Crippen LogP contribution in [0.3, 0.4) is 0 Å². The van der Waals surface area contributed by atoms with Gasteiger partial charge in [0.15, 0.2) is 11.4 Å². The molecule has 1 aliphatic rings. The van der Waals surface area contributed by atoms with Crippen molar-refractivity contribution < 1.29 is 14.7 Å². The van der Waals surface area contributed by atoms with Gasteiger partial charge in [0.1, 0.15) is 0 Å². The van der Waals surface area contributed by atoms with Crippen LogP contribution >= 0.6 is 0 Å². The number of anilines is 1. The summed E-state index contributed by atoms with van der Waals surface area (Å²) >= 11 is 0. The number of ketones is 1. The first-order valence-electron chi connectivity index (χ1n) is 11.2. The van der Waals surface area contributed by atoms with Crippen LogP contribution in [0.5, 0.6) is 0 Å². The average molecular weight is 436 g/mol.